The first-order valence-electron chi connectivity index (χ1n) is 8.69. The lowest BCUT2D eigenvalue weighted by atomic mass is 10.0. The van der Waals surface area contributed by atoms with Gasteiger partial charge < -0.3 is 15.4 Å². The van der Waals surface area contributed by atoms with Crippen LogP contribution in [0, 0.1) is 0 Å². The maximum absolute atomic E-state index is 13.0. The Hall–Kier alpha value is -3.26. The number of halogens is 3. The Morgan fingerprint density at radius 1 is 1.14 bits per heavy atom. The van der Waals surface area contributed by atoms with Gasteiger partial charge in [-0.05, 0) is 23.8 Å². The fourth-order valence-electron chi connectivity index (χ4n) is 3.13. The average molecular weight is 417 g/mol. The van der Waals surface area contributed by atoms with E-state index in [0.29, 0.717) is 17.8 Å². The number of carbonyl (C=O) groups is 1. The smallest absolute Gasteiger partial charge is 0.267 e. The highest BCUT2D eigenvalue weighted by molar-refractivity contribution is 6.33. The fraction of sp³-hybridized carbons (Fsp3) is 0.150. The summed E-state index contributed by atoms with van der Waals surface area (Å²) in [5, 5.41) is 0.230. The Kier molecular flexibility index (Phi) is 5.02. The third kappa shape index (κ3) is 3.58. The lowest BCUT2D eigenvalue weighted by Gasteiger charge is -2.20. The Morgan fingerprint density at radius 3 is 2.59 bits per heavy atom. The van der Waals surface area contributed by atoms with Crippen LogP contribution in [0.3, 0.4) is 0 Å². The van der Waals surface area contributed by atoms with E-state index < -0.39 is 6.43 Å². The number of aromatic nitrogens is 2. The molecule has 0 saturated heterocycles. The summed E-state index contributed by atoms with van der Waals surface area (Å²) in [5.74, 6) is -0.149. The molecule has 4 rings (SSSR count). The van der Waals surface area contributed by atoms with Gasteiger partial charge in [-0.15, -0.1) is 0 Å². The number of fused-ring (bicyclic) bond motifs is 1. The summed E-state index contributed by atoms with van der Waals surface area (Å²) in [6, 6.07) is 11.2. The summed E-state index contributed by atoms with van der Waals surface area (Å²) in [6.45, 7) is 0.551. The second-order valence-corrected chi connectivity index (χ2v) is 6.74. The minimum atomic E-state index is -2.58. The van der Waals surface area contributed by atoms with E-state index in [1.165, 1.54) is 23.4 Å². The monoisotopic (exact) mass is 416 g/mol. The molecule has 0 spiro atoms. The number of ether oxygens (including phenoxy) is 1. The molecule has 2 heterocycles. The van der Waals surface area contributed by atoms with Crippen LogP contribution in [0.15, 0.2) is 48.8 Å². The molecule has 1 amide bonds. The van der Waals surface area contributed by atoms with Gasteiger partial charge in [0.05, 0.1) is 6.54 Å². The molecule has 0 atom stereocenters. The molecule has 1 aromatic heterocycles. The number of alkyl halides is 2. The number of rotatable bonds is 3. The lowest BCUT2D eigenvalue weighted by Crippen LogP contribution is -2.32. The lowest BCUT2D eigenvalue weighted by molar-refractivity contribution is 0.0990. The summed E-state index contributed by atoms with van der Waals surface area (Å²) in [6.07, 6.45) is -1.34. The first kappa shape index (κ1) is 19.1. The van der Waals surface area contributed by atoms with Crippen molar-refractivity contribution in [1.29, 1.82) is 0 Å². The van der Waals surface area contributed by atoms with Crippen molar-refractivity contribution in [2.45, 2.75) is 6.43 Å². The molecular formula is C20H15ClF2N4O2. The standard InChI is InChI=1S/C20H15ClF2N4O2/c21-15-9-12(17(22)23)3-6-14(15)11-1-4-13(5-2-11)27-7-8-29-19-16(20(27)28)18(24)25-10-26-19/h1-6,9-10,17H,7-8H2,(H2,24,25,26). The number of nitrogen functional groups attached to an aromatic ring is 1. The summed E-state index contributed by atoms with van der Waals surface area (Å²) in [4.78, 5) is 22.3. The van der Waals surface area contributed by atoms with E-state index in [1.807, 2.05) is 0 Å². The van der Waals surface area contributed by atoms with Crippen molar-refractivity contribution in [2.24, 2.45) is 0 Å². The minimum Gasteiger partial charge on any atom is -0.475 e. The Balaban J connectivity index is 1.65. The minimum absolute atomic E-state index is 0.0504. The summed E-state index contributed by atoms with van der Waals surface area (Å²) in [7, 11) is 0. The maximum Gasteiger partial charge on any atom is 0.267 e. The Morgan fingerprint density at radius 2 is 1.90 bits per heavy atom. The van der Waals surface area contributed by atoms with Gasteiger partial charge in [-0.3, -0.25) is 4.79 Å². The van der Waals surface area contributed by atoms with Crippen molar-refractivity contribution in [3.8, 4) is 17.0 Å². The van der Waals surface area contributed by atoms with Gasteiger partial charge in [0.1, 0.15) is 24.3 Å². The van der Waals surface area contributed by atoms with Crippen molar-refractivity contribution < 1.29 is 18.3 Å². The summed E-state index contributed by atoms with van der Waals surface area (Å²) >= 11 is 6.17. The number of carbonyl (C=O) groups excluding carboxylic acids is 1. The van der Waals surface area contributed by atoms with Crippen LogP contribution < -0.4 is 15.4 Å². The van der Waals surface area contributed by atoms with Crippen LogP contribution in [-0.4, -0.2) is 29.0 Å². The zero-order chi connectivity index (χ0) is 20.5. The molecule has 2 N–H and O–H groups in total. The molecule has 0 bridgehead atoms. The predicted octanol–water partition coefficient (Wildman–Crippen LogP) is 4.36. The van der Waals surface area contributed by atoms with Crippen LogP contribution in [0.5, 0.6) is 5.88 Å². The summed E-state index contributed by atoms with van der Waals surface area (Å²) in [5.41, 5.74) is 7.82. The second kappa shape index (κ2) is 7.63. The van der Waals surface area contributed by atoms with Crippen molar-refractivity contribution in [3.05, 3.63) is 64.9 Å². The van der Waals surface area contributed by atoms with Gasteiger partial charge in [0.2, 0.25) is 5.88 Å². The average Bonchev–Trinajstić information content (AvgIpc) is 2.88. The topological polar surface area (TPSA) is 81.3 Å². The number of nitrogens with zero attached hydrogens (tertiary/aromatic N) is 3. The molecule has 2 aromatic carbocycles. The van der Waals surface area contributed by atoms with Crippen molar-refractivity contribution >= 4 is 29.0 Å². The molecular weight excluding hydrogens is 402 g/mol. The molecule has 148 valence electrons. The van der Waals surface area contributed by atoms with Gasteiger partial charge in [0.25, 0.3) is 12.3 Å². The third-order valence-electron chi connectivity index (χ3n) is 4.59. The molecule has 29 heavy (non-hydrogen) atoms. The van der Waals surface area contributed by atoms with Gasteiger partial charge in [0.15, 0.2) is 0 Å². The fourth-order valence-corrected chi connectivity index (χ4v) is 3.43. The van der Waals surface area contributed by atoms with E-state index in [9.17, 15) is 13.6 Å². The molecule has 0 aliphatic carbocycles. The number of nitrogens with two attached hydrogens (primary N) is 1. The highest BCUT2D eigenvalue weighted by Crippen LogP contribution is 2.33. The highest BCUT2D eigenvalue weighted by atomic mass is 35.5. The van der Waals surface area contributed by atoms with E-state index in [2.05, 4.69) is 9.97 Å². The molecule has 0 radical (unpaired) electrons. The Bertz CT molecular complexity index is 1080. The van der Waals surface area contributed by atoms with Crippen molar-refractivity contribution in [1.82, 2.24) is 9.97 Å². The number of hydrogen-bond donors (Lipinski definition) is 1. The highest BCUT2D eigenvalue weighted by Gasteiger charge is 2.28. The van der Waals surface area contributed by atoms with Crippen molar-refractivity contribution in [2.75, 3.05) is 23.8 Å². The first-order chi connectivity index (χ1) is 14.0. The van der Waals surface area contributed by atoms with Crippen molar-refractivity contribution in [3.63, 3.8) is 0 Å². The Labute approximate surface area is 169 Å². The van der Waals surface area contributed by atoms with E-state index in [1.54, 1.807) is 30.3 Å². The van der Waals surface area contributed by atoms with Gasteiger partial charge in [-0.2, -0.15) is 0 Å². The number of anilines is 2. The van der Waals surface area contributed by atoms with Gasteiger partial charge in [0, 0.05) is 21.8 Å². The van der Waals surface area contributed by atoms with E-state index >= 15 is 0 Å². The third-order valence-corrected chi connectivity index (χ3v) is 4.90. The van der Waals surface area contributed by atoms with Crippen LogP contribution in [-0.2, 0) is 0 Å². The van der Waals surface area contributed by atoms with E-state index in [-0.39, 0.29) is 40.4 Å². The van der Waals surface area contributed by atoms with Crippen LogP contribution in [0.4, 0.5) is 20.3 Å². The zero-order valence-corrected chi connectivity index (χ0v) is 15.7. The number of hydrogen-bond acceptors (Lipinski definition) is 5. The normalized spacial score (nSPS) is 13.8. The largest absolute Gasteiger partial charge is 0.475 e. The van der Waals surface area contributed by atoms with E-state index in [4.69, 9.17) is 22.1 Å². The SMILES string of the molecule is Nc1ncnc2c1C(=O)N(c1ccc(-c3ccc(C(F)F)cc3Cl)cc1)CCO2. The van der Waals surface area contributed by atoms with Gasteiger partial charge in [-0.1, -0.05) is 35.9 Å². The molecule has 3 aromatic rings. The second-order valence-electron chi connectivity index (χ2n) is 6.33. The van der Waals surface area contributed by atoms with Gasteiger partial charge in [-0.25, -0.2) is 18.7 Å². The number of amides is 1. The van der Waals surface area contributed by atoms with Crippen LogP contribution >= 0.6 is 11.6 Å². The molecule has 0 fully saturated rings. The van der Waals surface area contributed by atoms with Crippen LogP contribution in [0.1, 0.15) is 22.3 Å². The molecule has 9 heteroatoms. The quantitative estimate of drug-likeness (QED) is 0.686. The molecule has 1 aliphatic heterocycles. The maximum atomic E-state index is 13.0. The molecule has 0 unspecified atom stereocenters. The summed E-state index contributed by atoms with van der Waals surface area (Å²) < 4.78 is 31.2. The molecule has 0 saturated carbocycles. The number of benzene rings is 2. The van der Waals surface area contributed by atoms with Crippen LogP contribution in [0.25, 0.3) is 11.1 Å². The van der Waals surface area contributed by atoms with Gasteiger partial charge >= 0.3 is 0 Å². The zero-order valence-electron chi connectivity index (χ0n) is 15.0. The molecule has 6 nitrogen and oxygen atoms in total. The predicted molar refractivity (Wildman–Crippen MR) is 105 cm³/mol. The molecule has 1 aliphatic rings. The van der Waals surface area contributed by atoms with E-state index in [0.717, 1.165) is 5.56 Å². The van der Waals surface area contributed by atoms with Crippen LogP contribution in [0.2, 0.25) is 5.02 Å². The first-order valence-corrected chi connectivity index (χ1v) is 9.06.